The number of carbonyl (C=O) groups excluding carboxylic acids is 3. The van der Waals surface area contributed by atoms with Crippen molar-refractivity contribution in [3.63, 3.8) is 0 Å². The minimum absolute atomic E-state index is 0. The van der Waals surface area contributed by atoms with Crippen molar-refractivity contribution in [1.29, 1.82) is 0 Å². The van der Waals surface area contributed by atoms with E-state index in [0.717, 1.165) is 25.7 Å². The molecule has 1 saturated carbocycles. The standard InChI is InChI=1S/C23H42O10Si3.C6H10O4Si.3C2H4.2H2O/c1-17(2)22(24)29-15-34(8,9)32-36(28-7,16-30-23(25)18(3)4)33-35(26-5,27-6)13-12-19-10-11-20-21(14-19)31-20;1-5(2)6(7)10-4-11(8)9-3;3*1-2;;/h19-21H,1,3,10-16H2,2,4-9H3;1,4H2,2-3H3;3*1-2H2;2*1H2. The van der Waals surface area contributed by atoms with Crippen molar-refractivity contribution in [3.8, 4) is 0 Å². The Balaban J connectivity index is -0.000000372. The first kappa shape index (κ1) is 61.2. The third kappa shape index (κ3) is 25.0. The molecule has 2 rings (SSSR count). The summed E-state index contributed by atoms with van der Waals surface area (Å²) in [4.78, 5) is 34.9. The van der Waals surface area contributed by atoms with E-state index < -0.39 is 52.8 Å². The van der Waals surface area contributed by atoms with Crippen molar-refractivity contribution in [2.24, 2.45) is 5.92 Å². The molecule has 1 saturated heterocycles. The summed E-state index contributed by atoms with van der Waals surface area (Å²) in [6.45, 7) is 37.0. The van der Waals surface area contributed by atoms with Crippen LogP contribution in [-0.4, -0.2) is 123 Å². The molecule has 1 aliphatic carbocycles. The van der Waals surface area contributed by atoms with Gasteiger partial charge in [0.25, 0.3) is 0 Å². The van der Waals surface area contributed by atoms with Gasteiger partial charge < -0.3 is 60.3 Å². The summed E-state index contributed by atoms with van der Waals surface area (Å²) in [5.41, 5.74) is 0.814. The highest BCUT2D eigenvalue weighted by atomic mass is 28.5. The third-order valence-corrected chi connectivity index (χ3v) is 18.1. The predicted octanol–water partition coefficient (Wildman–Crippen LogP) is 4.28. The second-order valence-corrected chi connectivity index (χ2v) is 23.6. The fraction of sp³-hybridized carbons (Fsp3) is 0.571. The first-order chi connectivity index (χ1) is 24.9. The van der Waals surface area contributed by atoms with Crippen LogP contribution in [0.4, 0.5) is 0 Å². The van der Waals surface area contributed by atoms with Crippen LogP contribution >= 0.6 is 0 Å². The van der Waals surface area contributed by atoms with Crippen LogP contribution < -0.4 is 0 Å². The van der Waals surface area contributed by atoms with E-state index in [1.807, 2.05) is 13.1 Å². The molecule has 0 spiro atoms. The van der Waals surface area contributed by atoms with E-state index in [-0.39, 0.29) is 46.4 Å². The van der Waals surface area contributed by atoms with E-state index in [1.165, 1.54) is 21.1 Å². The first-order valence-electron chi connectivity index (χ1n) is 16.6. The van der Waals surface area contributed by atoms with Crippen LogP contribution in [0.3, 0.4) is 0 Å². The number of fused-ring (bicyclic) bond motifs is 1. The van der Waals surface area contributed by atoms with E-state index in [2.05, 4.69) is 68.4 Å². The second-order valence-electron chi connectivity index (χ2n) is 12.0. The van der Waals surface area contributed by atoms with Gasteiger partial charge in [-0.1, -0.05) is 19.7 Å². The number of carbonyl (C=O) groups is 3. The van der Waals surface area contributed by atoms with E-state index in [9.17, 15) is 18.8 Å². The lowest BCUT2D eigenvalue weighted by Crippen LogP contribution is -2.64. The lowest BCUT2D eigenvalue weighted by atomic mass is 9.88. The molecule has 1 aliphatic heterocycles. The van der Waals surface area contributed by atoms with E-state index >= 15 is 0 Å². The summed E-state index contributed by atoms with van der Waals surface area (Å²) >= 11 is 0. The molecule has 0 radical (unpaired) electrons. The molecule has 2 aliphatic rings. The number of hydrogen-bond donors (Lipinski definition) is 0. The van der Waals surface area contributed by atoms with Gasteiger partial charge in [-0.3, -0.25) is 0 Å². The highest BCUT2D eigenvalue weighted by Crippen LogP contribution is 2.42. The number of esters is 3. The zero-order chi connectivity index (χ0) is 42.0. The topological polar surface area (TPSA) is 227 Å². The molecule has 0 aromatic carbocycles. The zero-order valence-corrected chi connectivity index (χ0v) is 38.5. The Morgan fingerprint density at radius 1 is 0.673 bits per heavy atom. The molecule has 4 atom stereocenters. The lowest BCUT2D eigenvalue weighted by molar-refractivity contribution is -0.138. The number of hydrogen-bond acceptors (Lipinski definition) is 14. The predicted molar refractivity (Wildman–Crippen MR) is 219 cm³/mol. The van der Waals surface area contributed by atoms with Crippen LogP contribution in [0, 0.1) is 5.92 Å². The highest BCUT2D eigenvalue weighted by Gasteiger charge is 2.56. The van der Waals surface area contributed by atoms with Crippen molar-refractivity contribution in [3.05, 3.63) is 75.9 Å². The largest absolute Gasteiger partial charge is 0.542 e. The van der Waals surface area contributed by atoms with Crippen LogP contribution in [0.1, 0.15) is 46.5 Å². The van der Waals surface area contributed by atoms with Crippen LogP contribution in [-0.2, 0) is 63.7 Å². The molecule has 0 bridgehead atoms. The Morgan fingerprint density at radius 2 is 1.11 bits per heavy atom. The minimum Gasteiger partial charge on any atom is -0.525 e. The molecular weight excluding hydrogens is 789 g/mol. The Labute approximate surface area is 333 Å². The summed E-state index contributed by atoms with van der Waals surface area (Å²) in [5, 5.41) is 0. The maximum absolute atomic E-state index is 12.2. The average molecular weight is 857 g/mol. The quantitative estimate of drug-likeness (QED) is 0.0416. The van der Waals surface area contributed by atoms with Gasteiger partial charge in [0.15, 0.2) is 12.5 Å². The molecule has 1 heterocycles. The van der Waals surface area contributed by atoms with Crippen LogP contribution in [0.2, 0.25) is 19.1 Å². The van der Waals surface area contributed by atoms with E-state index in [4.69, 9.17) is 35.7 Å². The summed E-state index contributed by atoms with van der Waals surface area (Å²) < 4.78 is 66.7. The zero-order valence-electron chi connectivity index (χ0n) is 34.5. The van der Waals surface area contributed by atoms with Gasteiger partial charge >= 0.3 is 44.4 Å². The summed E-state index contributed by atoms with van der Waals surface area (Å²) in [6, 6.07) is 0.546. The maximum atomic E-state index is 12.2. The molecule has 320 valence electrons. The monoisotopic (exact) mass is 856 g/mol. The third-order valence-electron chi connectivity index (χ3n) is 7.17. The molecule has 4 unspecified atom stereocenters. The fourth-order valence-corrected chi connectivity index (χ4v) is 15.3. The Morgan fingerprint density at radius 3 is 1.51 bits per heavy atom. The minimum atomic E-state index is -3.73. The van der Waals surface area contributed by atoms with Crippen molar-refractivity contribution in [2.75, 3.05) is 47.1 Å². The molecule has 0 amide bonds. The molecule has 16 nitrogen and oxygen atoms in total. The van der Waals surface area contributed by atoms with E-state index in [1.54, 1.807) is 28.1 Å². The number of epoxide rings is 1. The molecule has 4 N–H and O–H groups in total. The van der Waals surface area contributed by atoms with Crippen LogP contribution in [0.15, 0.2) is 75.9 Å². The SMILES string of the molecule is C=C.C=C.C=C.C=C(C)C(=O)OC[Si](=O)OC.C=C(C)C(=O)OC[Si](C)(C)O[Si](COC(=O)C(=C)C)(OC)O[Si](CCC1CCC2OC2C1)(OC)OC.O.O. The van der Waals surface area contributed by atoms with Crippen molar-refractivity contribution in [1.82, 2.24) is 0 Å². The molecule has 0 aromatic heterocycles. The van der Waals surface area contributed by atoms with Gasteiger partial charge in [-0.05, 0) is 65.5 Å². The first-order valence-corrected chi connectivity index (χ1v) is 25.1. The highest BCUT2D eigenvalue weighted by molar-refractivity contribution is 6.84. The number of rotatable bonds is 20. The summed E-state index contributed by atoms with van der Waals surface area (Å²) in [5.74, 6) is -1.15. The van der Waals surface area contributed by atoms with Crippen molar-refractivity contribution < 1.29 is 74.7 Å². The average Bonchev–Trinajstić information content (AvgIpc) is 3.95. The van der Waals surface area contributed by atoms with Gasteiger partial charge in [0.2, 0.25) is 8.32 Å². The normalized spacial score (nSPS) is 17.1. The molecule has 55 heavy (non-hydrogen) atoms. The molecular formula is C35H68O16Si4. The number of ether oxygens (including phenoxy) is 4. The van der Waals surface area contributed by atoms with Crippen molar-refractivity contribution >= 4 is 52.8 Å². The summed E-state index contributed by atoms with van der Waals surface area (Å²) in [7, 11) is -6.13. The van der Waals surface area contributed by atoms with Crippen molar-refractivity contribution in [2.45, 2.75) is 77.8 Å². The van der Waals surface area contributed by atoms with Gasteiger partial charge in [-0.2, -0.15) is 0 Å². The van der Waals surface area contributed by atoms with Gasteiger partial charge in [-0.25, -0.2) is 14.4 Å². The van der Waals surface area contributed by atoms with Gasteiger partial charge in [-0.15, -0.1) is 39.5 Å². The van der Waals surface area contributed by atoms with Gasteiger partial charge in [0.05, 0.1) is 19.3 Å². The summed E-state index contributed by atoms with van der Waals surface area (Å²) in [6.07, 6.45) is 4.44. The maximum Gasteiger partial charge on any atom is 0.542 e. The Kier molecular flexibility index (Phi) is 35.8. The second kappa shape index (κ2) is 32.1. The molecule has 0 aromatic rings. The van der Waals surface area contributed by atoms with Crippen LogP contribution in [0.25, 0.3) is 0 Å². The van der Waals surface area contributed by atoms with Gasteiger partial charge in [0, 0.05) is 44.1 Å². The molecule has 20 heteroatoms. The Bertz CT molecular complexity index is 1190. The molecule has 2 fully saturated rings. The fourth-order valence-electron chi connectivity index (χ4n) is 4.41. The smallest absolute Gasteiger partial charge is 0.525 e. The van der Waals surface area contributed by atoms with Crippen LogP contribution in [0.5, 0.6) is 0 Å². The lowest BCUT2D eigenvalue weighted by Gasteiger charge is -2.40. The van der Waals surface area contributed by atoms with Gasteiger partial charge in [0.1, 0.15) is 6.23 Å². The Hall–Kier alpha value is -3.00. The van der Waals surface area contributed by atoms with E-state index in [0.29, 0.717) is 24.2 Å².